The van der Waals surface area contributed by atoms with Gasteiger partial charge in [-0.25, -0.2) is 8.42 Å². The van der Waals surface area contributed by atoms with E-state index in [1.807, 2.05) is 6.92 Å². The molecule has 0 radical (unpaired) electrons. The smallest absolute Gasteiger partial charge is 0.303 e. The Bertz CT molecular complexity index is 423. The second kappa shape index (κ2) is 5.14. The maximum atomic E-state index is 12.3. The number of nitrogens with one attached hydrogen (secondary N) is 1. The summed E-state index contributed by atoms with van der Waals surface area (Å²) >= 11 is 0. The molecule has 0 aromatic carbocycles. The van der Waals surface area contributed by atoms with Crippen LogP contribution in [0.3, 0.4) is 0 Å². The van der Waals surface area contributed by atoms with Crippen LogP contribution in [0.15, 0.2) is 0 Å². The van der Waals surface area contributed by atoms with E-state index in [0.29, 0.717) is 12.5 Å². The van der Waals surface area contributed by atoms with Gasteiger partial charge in [0.15, 0.2) is 0 Å². The first kappa shape index (κ1) is 13.8. The zero-order valence-electron chi connectivity index (χ0n) is 10.5. The lowest BCUT2D eigenvalue weighted by molar-refractivity contribution is -0.137. The number of hydrogen-bond donors (Lipinski definition) is 2. The van der Waals surface area contributed by atoms with Gasteiger partial charge in [-0.1, -0.05) is 0 Å². The van der Waals surface area contributed by atoms with E-state index in [9.17, 15) is 13.2 Å². The molecule has 0 aromatic heterocycles. The van der Waals surface area contributed by atoms with Crippen molar-refractivity contribution in [1.82, 2.24) is 9.62 Å². The number of carbonyl (C=O) groups is 1. The van der Waals surface area contributed by atoms with Crippen molar-refractivity contribution in [2.45, 2.75) is 38.3 Å². The Labute approximate surface area is 107 Å². The van der Waals surface area contributed by atoms with Crippen molar-refractivity contribution in [2.24, 2.45) is 5.92 Å². The van der Waals surface area contributed by atoms with E-state index in [0.717, 1.165) is 13.0 Å². The molecule has 3 atom stereocenters. The summed E-state index contributed by atoms with van der Waals surface area (Å²) in [5, 5.41) is 11.8. The van der Waals surface area contributed by atoms with Crippen LogP contribution in [0, 0.1) is 5.92 Å². The van der Waals surface area contributed by atoms with Gasteiger partial charge >= 0.3 is 5.97 Å². The number of fused-ring (bicyclic) bond motifs is 1. The minimum absolute atomic E-state index is 0.0388. The summed E-state index contributed by atoms with van der Waals surface area (Å²) in [6.07, 6.45) is 0.995. The molecule has 2 saturated heterocycles. The molecule has 6 nitrogen and oxygen atoms in total. The van der Waals surface area contributed by atoms with Crippen LogP contribution in [0.5, 0.6) is 0 Å². The monoisotopic (exact) mass is 276 g/mol. The van der Waals surface area contributed by atoms with Crippen LogP contribution >= 0.6 is 0 Å². The molecule has 2 fully saturated rings. The molecule has 2 heterocycles. The molecule has 0 spiro atoms. The lowest BCUT2D eigenvalue weighted by Crippen LogP contribution is -2.43. The Morgan fingerprint density at radius 3 is 2.83 bits per heavy atom. The third-order valence-electron chi connectivity index (χ3n) is 3.82. The van der Waals surface area contributed by atoms with E-state index >= 15 is 0 Å². The Hall–Kier alpha value is -0.660. The van der Waals surface area contributed by atoms with Crippen LogP contribution in [-0.2, 0) is 14.8 Å². The van der Waals surface area contributed by atoms with E-state index < -0.39 is 16.0 Å². The first-order valence-electron chi connectivity index (χ1n) is 6.35. The molecule has 0 amide bonds. The average molecular weight is 276 g/mol. The number of sulfonamides is 1. The Morgan fingerprint density at radius 1 is 1.44 bits per heavy atom. The summed E-state index contributed by atoms with van der Waals surface area (Å²) in [6, 6.07) is 0.103. The molecular weight excluding hydrogens is 256 g/mol. The van der Waals surface area contributed by atoms with E-state index in [1.165, 1.54) is 0 Å². The molecular formula is C11H20N2O4S. The van der Waals surface area contributed by atoms with Gasteiger partial charge in [0.25, 0.3) is 0 Å². The van der Waals surface area contributed by atoms with Crippen LogP contribution < -0.4 is 5.32 Å². The minimum atomic E-state index is -3.33. The van der Waals surface area contributed by atoms with E-state index in [1.54, 1.807) is 4.31 Å². The SMILES string of the molecule is CC1CC2CNCC2N1S(=O)(=O)CCCC(=O)O. The van der Waals surface area contributed by atoms with Crippen molar-refractivity contribution in [3.63, 3.8) is 0 Å². The standard InChI is InChI=1S/C11H20N2O4S/c1-8-5-9-6-12-7-10(9)13(8)18(16,17)4-2-3-11(14)15/h8-10,12H,2-7H2,1H3,(H,14,15). The number of carboxylic acids is 1. The van der Waals surface area contributed by atoms with Crippen molar-refractivity contribution in [2.75, 3.05) is 18.8 Å². The number of nitrogens with zero attached hydrogens (tertiary/aromatic N) is 1. The topological polar surface area (TPSA) is 86.7 Å². The van der Waals surface area contributed by atoms with Gasteiger partial charge in [0.2, 0.25) is 10.0 Å². The summed E-state index contributed by atoms with van der Waals surface area (Å²) in [5.74, 6) is -0.596. The molecule has 7 heteroatoms. The molecule has 2 N–H and O–H groups in total. The fraction of sp³-hybridized carbons (Fsp3) is 0.909. The van der Waals surface area contributed by atoms with Crippen molar-refractivity contribution in [1.29, 1.82) is 0 Å². The van der Waals surface area contributed by atoms with Gasteiger partial charge in [0, 0.05) is 25.0 Å². The van der Waals surface area contributed by atoms with Gasteiger partial charge in [0.05, 0.1) is 5.75 Å². The number of hydrogen-bond acceptors (Lipinski definition) is 4. The third kappa shape index (κ3) is 2.67. The van der Waals surface area contributed by atoms with E-state index in [-0.39, 0.29) is 30.7 Å². The first-order chi connectivity index (χ1) is 8.42. The number of aliphatic carboxylic acids is 1. The van der Waals surface area contributed by atoms with Gasteiger partial charge in [-0.05, 0) is 32.2 Å². The highest BCUT2D eigenvalue weighted by Gasteiger charge is 2.46. The summed E-state index contributed by atoms with van der Waals surface area (Å²) < 4.78 is 26.2. The fourth-order valence-corrected chi connectivity index (χ4v) is 5.13. The molecule has 3 unspecified atom stereocenters. The molecule has 104 valence electrons. The highest BCUT2D eigenvalue weighted by Crippen LogP contribution is 2.34. The largest absolute Gasteiger partial charge is 0.481 e. The summed E-state index contributed by atoms with van der Waals surface area (Å²) in [5.41, 5.74) is 0. The second-order valence-corrected chi connectivity index (χ2v) is 7.21. The van der Waals surface area contributed by atoms with Gasteiger partial charge in [-0.15, -0.1) is 0 Å². The highest BCUT2D eigenvalue weighted by atomic mass is 32.2. The van der Waals surface area contributed by atoms with Gasteiger partial charge < -0.3 is 10.4 Å². The van der Waals surface area contributed by atoms with Crippen molar-refractivity contribution >= 4 is 16.0 Å². The molecule has 2 aliphatic heterocycles. The predicted octanol–water partition coefficient (Wildman–Crippen LogP) is -0.137. The van der Waals surface area contributed by atoms with Crippen molar-refractivity contribution in [3.05, 3.63) is 0 Å². The van der Waals surface area contributed by atoms with E-state index in [2.05, 4.69) is 5.32 Å². The number of rotatable bonds is 5. The van der Waals surface area contributed by atoms with E-state index in [4.69, 9.17) is 5.11 Å². The molecule has 0 bridgehead atoms. The molecule has 18 heavy (non-hydrogen) atoms. The minimum Gasteiger partial charge on any atom is -0.481 e. The molecule has 2 rings (SSSR count). The van der Waals surface area contributed by atoms with Crippen LogP contribution in [0.1, 0.15) is 26.2 Å². The van der Waals surface area contributed by atoms with Crippen molar-refractivity contribution < 1.29 is 18.3 Å². The van der Waals surface area contributed by atoms with Gasteiger partial charge in [-0.3, -0.25) is 4.79 Å². The zero-order chi connectivity index (χ0) is 13.3. The van der Waals surface area contributed by atoms with Gasteiger partial charge in [-0.2, -0.15) is 4.31 Å². The van der Waals surface area contributed by atoms with Crippen LogP contribution in [0.25, 0.3) is 0 Å². The average Bonchev–Trinajstić information content (AvgIpc) is 2.74. The molecule has 2 aliphatic rings. The normalized spacial score (nSPS) is 32.6. The highest BCUT2D eigenvalue weighted by molar-refractivity contribution is 7.89. The molecule has 0 saturated carbocycles. The Kier molecular flexibility index (Phi) is 3.93. The third-order valence-corrected chi connectivity index (χ3v) is 5.90. The van der Waals surface area contributed by atoms with Crippen LogP contribution in [0.2, 0.25) is 0 Å². The quantitative estimate of drug-likeness (QED) is 0.730. The summed E-state index contributed by atoms with van der Waals surface area (Å²) in [4.78, 5) is 10.4. The first-order valence-corrected chi connectivity index (χ1v) is 7.96. The Morgan fingerprint density at radius 2 is 2.17 bits per heavy atom. The number of carboxylic acid groups (broad SMARTS) is 1. The Balaban J connectivity index is 2.02. The predicted molar refractivity (Wildman–Crippen MR) is 66.7 cm³/mol. The lowest BCUT2D eigenvalue weighted by atomic mass is 10.0. The maximum absolute atomic E-state index is 12.3. The maximum Gasteiger partial charge on any atom is 0.303 e. The zero-order valence-corrected chi connectivity index (χ0v) is 11.3. The molecule has 0 aromatic rings. The molecule has 0 aliphatic carbocycles. The van der Waals surface area contributed by atoms with Gasteiger partial charge in [0.1, 0.15) is 0 Å². The van der Waals surface area contributed by atoms with Crippen molar-refractivity contribution in [3.8, 4) is 0 Å². The summed E-state index contributed by atoms with van der Waals surface area (Å²) in [7, 11) is -3.33. The fourth-order valence-electron chi connectivity index (χ4n) is 3.12. The van der Waals surface area contributed by atoms with Crippen LogP contribution in [0.4, 0.5) is 0 Å². The van der Waals surface area contributed by atoms with Crippen LogP contribution in [-0.4, -0.2) is 54.7 Å². The summed E-state index contributed by atoms with van der Waals surface area (Å²) in [6.45, 7) is 3.54. The second-order valence-electron chi connectivity index (χ2n) is 5.21. The lowest BCUT2D eigenvalue weighted by Gasteiger charge is -2.26.